The fourth-order valence-electron chi connectivity index (χ4n) is 2.82. The van der Waals surface area contributed by atoms with Gasteiger partial charge in [0, 0.05) is 5.54 Å². The number of nitrogens with zero attached hydrogens (tertiary/aromatic N) is 1. The van der Waals surface area contributed by atoms with Gasteiger partial charge in [-0.1, -0.05) is 12.1 Å². The van der Waals surface area contributed by atoms with Gasteiger partial charge in [0.1, 0.15) is 5.82 Å². The van der Waals surface area contributed by atoms with E-state index in [0.29, 0.717) is 0 Å². The standard InChI is InChI=1S/C16H24FNO/c1-16(2,3)18-10-8-13(9-11-18)15(19)12-4-6-14(17)7-5-12/h4-7,13,15,19H,8-11H2,1-3H3. The molecule has 0 aromatic heterocycles. The van der Waals surface area contributed by atoms with Crippen LogP contribution in [0.2, 0.25) is 0 Å². The van der Waals surface area contributed by atoms with E-state index in [0.717, 1.165) is 31.5 Å². The molecule has 3 heteroatoms. The lowest BCUT2D eigenvalue weighted by molar-refractivity contribution is 0.0278. The summed E-state index contributed by atoms with van der Waals surface area (Å²) < 4.78 is 12.9. The molecule has 0 bridgehead atoms. The van der Waals surface area contributed by atoms with Gasteiger partial charge in [0.25, 0.3) is 0 Å². The minimum absolute atomic E-state index is 0.200. The number of benzene rings is 1. The number of rotatable bonds is 2. The number of halogens is 1. The average molecular weight is 265 g/mol. The monoisotopic (exact) mass is 265 g/mol. The highest BCUT2D eigenvalue weighted by Gasteiger charge is 2.30. The molecule has 1 saturated heterocycles. The Morgan fingerprint density at radius 3 is 2.16 bits per heavy atom. The third-order valence-corrected chi connectivity index (χ3v) is 4.15. The lowest BCUT2D eigenvalue weighted by Gasteiger charge is -2.42. The summed E-state index contributed by atoms with van der Waals surface area (Å²) in [6.45, 7) is 8.72. The van der Waals surface area contributed by atoms with Gasteiger partial charge < -0.3 is 5.11 Å². The first-order valence-corrected chi connectivity index (χ1v) is 7.06. The zero-order chi connectivity index (χ0) is 14.0. The molecule has 1 aromatic carbocycles. The quantitative estimate of drug-likeness (QED) is 0.886. The van der Waals surface area contributed by atoms with E-state index in [-0.39, 0.29) is 17.3 Å². The first-order valence-electron chi connectivity index (χ1n) is 7.06. The molecule has 1 atom stereocenters. The lowest BCUT2D eigenvalue weighted by atomic mass is 9.86. The molecule has 106 valence electrons. The van der Waals surface area contributed by atoms with E-state index in [4.69, 9.17) is 0 Å². The van der Waals surface area contributed by atoms with Crippen LogP contribution in [0.4, 0.5) is 4.39 Å². The minimum atomic E-state index is -0.470. The van der Waals surface area contributed by atoms with Gasteiger partial charge >= 0.3 is 0 Å². The maximum Gasteiger partial charge on any atom is 0.123 e. The molecule has 0 aliphatic carbocycles. The number of likely N-dealkylation sites (tertiary alicyclic amines) is 1. The van der Waals surface area contributed by atoms with E-state index in [9.17, 15) is 9.50 Å². The molecular weight excluding hydrogens is 241 g/mol. The van der Waals surface area contributed by atoms with Gasteiger partial charge in [-0.05, 0) is 70.3 Å². The van der Waals surface area contributed by atoms with Gasteiger partial charge in [0.05, 0.1) is 6.10 Å². The number of hydrogen-bond donors (Lipinski definition) is 1. The van der Waals surface area contributed by atoms with Gasteiger partial charge in [-0.25, -0.2) is 4.39 Å². The Hall–Kier alpha value is -0.930. The molecule has 0 saturated carbocycles. The van der Waals surface area contributed by atoms with Crippen LogP contribution >= 0.6 is 0 Å². The van der Waals surface area contributed by atoms with E-state index < -0.39 is 6.10 Å². The molecular formula is C16H24FNO. The second-order valence-electron chi connectivity index (χ2n) is 6.49. The molecule has 1 heterocycles. The Labute approximate surface area is 115 Å². The van der Waals surface area contributed by atoms with Crippen LogP contribution in [0.3, 0.4) is 0 Å². The summed E-state index contributed by atoms with van der Waals surface area (Å²) in [5.74, 6) is 0.0302. The van der Waals surface area contributed by atoms with Crippen LogP contribution < -0.4 is 0 Å². The molecule has 2 nitrogen and oxygen atoms in total. The normalized spacial score (nSPS) is 20.5. The second-order valence-corrected chi connectivity index (χ2v) is 6.49. The third-order valence-electron chi connectivity index (χ3n) is 4.15. The number of aliphatic hydroxyl groups excluding tert-OH is 1. The predicted molar refractivity (Wildman–Crippen MR) is 75.4 cm³/mol. The van der Waals surface area contributed by atoms with Crippen molar-refractivity contribution in [3.05, 3.63) is 35.6 Å². The van der Waals surface area contributed by atoms with Crippen molar-refractivity contribution in [3.63, 3.8) is 0 Å². The molecule has 1 aromatic rings. The van der Waals surface area contributed by atoms with Gasteiger partial charge in [-0.3, -0.25) is 4.90 Å². The van der Waals surface area contributed by atoms with E-state index in [2.05, 4.69) is 25.7 Å². The van der Waals surface area contributed by atoms with Gasteiger partial charge in [-0.2, -0.15) is 0 Å². The van der Waals surface area contributed by atoms with Crippen LogP contribution in [-0.4, -0.2) is 28.6 Å². The van der Waals surface area contributed by atoms with Crippen LogP contribution in [0.15, 0.2) is 24.3 Å². The van der Waals surface area contributed by atoms with Crippen molar-refractivity contribution in [2.45, 2.75) is 45.3 Å². The highest BCUT2D eigenvalue weighted by atomic mass is 19.1. The summed E-state index contributed by atoms with van der Waals surface area (Å²) in [4.78, 5) is 2.46. The molecule has 0 amide bonds. The Morgan fingerprint density at radius 1 is 1.16 bits per heavy atom. The molecule has 1 N–H and O–H groups in total. The van der Waals surface area contributed by atoms with Crippen molar-refractivity contribution in [3.8, 4) is 0 Å². The Morgan fingerprint density at radius 2 is 1.68 bits per heavy atom. The maximum absolute atomic E-state index is 12.9. The largest absolute Gasteiger partial charge is 0.388 e. The molecule has 1 fully saturated rings. The van der Waals surface area contributed by atoms with Gasteiger partial charge in [0.2, 0.25) is 0 Å². The Kier molecular flexibility index (Phi) is 4.26. The van der Waals surface area contributed by atoms with E-state index in [1.54, 1.807) is 12.1 Å². The Bertz CT molecular complexity index is 402. The molecule has 1 aliphatic rings. The van der Waals surface area contributed by atoms with Crippen LogP contribution in [0.5, 0.6) is 0 Å². The average Bonchev–Trinajstić information content (AvgIpc) is 2.38. The van der Waals surface area contributed by atoms with E-state index in [1.807, 2.05) is 0 Å². The van der Waals surface area contributed by atoms with Crippen LogP contribution in [0, 0.1) is 11.7 Å². The molecule has 0 spiro atoms. The minimum Gasteiger partial charge on any atom is -0.388 e. The summed E-state index contributed by atoms with van der Waals surface area (Å²) >= 11 is 0. The summed E-state index contributed by atoms with van der Waals surface area (Å²) in [5.41, 5.74) is 1.03. The second kappa shape index (κ2) is 5.59. The summed E-state index contributed by atoms with van der Waals surface area (Å²) in [5, 5.41) is 10.4. The SMILES string of the molecule is CC(C)(C)N1CCC(C(O)c2ccc(F)cc2)CC1. The first kappa shape index (κ1) is 14.5. The van der Waals surface area contributed by atoms with Crippen LogP contribution in [0.25, 0.3) is 0 Å². The van der Waals surface area contributed by atoms with Crippen molar-refractivity contribution in [2.75, 3.05) is 13.1 Å². The fourth-order valence-corrected chi connectivity index (χ4v) is 2.82. The zero-order valence-corrected chi connectivity index (χ0v) is 12.1. The van der Waals surface area contributed by atoms with Crippen LogP contribution in [-0.2, 0) is 0 Å². The molecule has 1 unspecified atom stereocenters. The van der Waals surface area contributed by atoms with Crippen LogP contribution in [0.1, 0.15) is 45.3 Å². The lowest BCUT2D eigenvalue weighted by Crippen LogP contribution is -2.46. The number of hydrogen-bond acceptors (Lipinski definition) is 2. The summed E-state index contributed by atoms with van der Waals surface area (Å²) in [6, 6.07) is 6.22. The highest BCUT2D eigenvalue weighted by molar-refractivity contribution is 5.19. The summed E-state index contributed by atoms with van der Waals surface area (Å²) in [7, 11) is 0. The summed E-state index contributed by atoms with van der Waals surface area (Å²) in [6.07, 6.45) is 1.52. The van der Waals surface area contributed by atoms with Gasteiger partial charge in [-0.15, -0.1) is 0 Å². The molecule has 0 radical (unpaired) electrons. The topological polar surface area (TPSA) is 23.5 Å². The third kappa shape index (κ3) is 3.54. The van der Waals surface area contributed by atoms with Gasteiger partial charge in [0.15, 0.2) is 0 Å². The highest BCUT2D eigenvalue weighted by Crippen LogP contribution is 2.32. The van der Waals surface area contributed by atoms with E-state index >= 15 is 0 Å². The van der Waals surface area contributed by atoms with Crippen molar-refractivity contribution < 1.29 is 9.50 Å². The molecule has 1 aliphatic heterocycles. The smallest absolute Gasteiger partial charge is 0.123 e. The van der Waals surface area contributed by atoms with Crippen molar-refractivity contribution >= 4 is 0 Å². The predicted octanol–water partition coefficient (Wildman–Crippen LogP) is 3.37. The number of aliphatic hydroxyl groups is 1. The molecule has 19 heavy (non-hydrogen) atoms. The van der Waals surface area contributed by atoms with Crippen molar-refractivity contribution in [2.24, 2.45) is 5.92 Å². The molecule has 2 rings (SSSR count). The van der Waals surface area contributed by atoms with Crippen molar-refractivity contribution in [1.29, 1.82) is 0 Å². The zero-order valence-electron chi connectivity index (χ0n) is 12.1. The maximum atomic E-state index is 12.9. The first-order chi connectivity index (χ1) is 8.88. The Balaban J connectivity index is 1.96. The fraction of sp³-hybridized carbons (Fsp3) is 0.625. The van der Waals surface area contributed by atoms with E-state index in [1.165, 1.54) is 12.1 Å². The number of piperidine rings is 1. The van der Waals surface area contributed by atoms with Crippen molar-refractivity contribution in [1.82, 2.24) is 4.90 Å².